The normalized spacial score (nSPS) is 11.0. The van der Waals surface area contributed by atoms with E-state index in [1.807, 2.05) is 18.2 Å². The van der Waals surface area contributed by atoms with Crippen LogP contribution in [0.2, 0.25) is 0 Å². The first-order valence-corrected chi connectivity index (χ1v) is 6.39. The van der Waals surface area contributed by atoms with E-state index in [1.54, 1.807) is 37.4 Å². The molecule has 1 amide bonds. The van der Waals surface area contributed by atoms with Gasteiger partial charge in [0.15, 0.2) is 12.3 Å². The largest absolute Gasteiger partial charge is 0.389 e. The van der Waals surface area contributed by atoms with Crippen molar-refractivity contribution in [3.05, 3.63) is 59.8 Å². The standard InChI is InChI=1S/C15H16N4O2/c1-17-15(20)14(11-6-3-2-4-7-11)19-21-10-12-8-5-9-13(16)18-12/h2-9H,10H2,1H3,(H2,16,18)(H,17,20). The minimum atomic E-state index is -0.318. The summed E-state index contributed by atoms with van der Waals surface area (Å²) in [5.74, 6) is 0.0939. The summed E-state index contributed by atoms with van der Waals surface area (Å²) in [5.41, 5.74) is 7.11. The predicted octanol–water partition coefficient (Wildman–Crippen LogP) is 1.33. The lowest BCUT2D eigenvalue weighted by Gasteiger charge is -2.06. The van der Waals surface area contributed by atoms with Crippen molar-refractivity contribution in [1.29, 1.82) is 0 Å². The van der Waals surface area contributed by atoms with Crippen LogP contribution in [-0.2, 0) is 16.2 Å². The van der Waals surface area contributed by atoms with Crippen LogP contribution in [0.1, 0.15) is 11.3 Å². The van der Waals surface area contributed by atoms with Crippen LogP contribution >= 0.6 is 0 Å². The Morgan fingerprint density at radius 1 is 1.24 bits per heavy atom. The number of rotatable bonds is 5. The Kier molecular flexibility index (Phi) is 4.87. The van der Waals surface area contributed by atoms with Crippen LogP contribution in [0.4, 0.5) is 5.82 Å². The number of likely N-dealkylation sites (N-methyl/N-ethyl adjacent to an activating group) is 1. The second kappa shape index (κ2) is 7.04. The maximum atomic E-state index is 11.9. The molecule has 2 rings (SSSR count). The summed E-state index contributed by atoms with van der Waals surface area (Å²) < 4.78 is 0. The molecule has 0 saturated heterocycles. The number of aromatic nitrogens is 1. The number of oxime groups is 1. The zero-order chi connectivity index (χ0) is 15.1. The van der Waals surface area contributed by atoms with Crippen LogP contribution in [0.3, 0.4) is 0 Å². The van der Waals surface area contributed by atoms with Crippen LogP contribution in [0, 0.1) is 0 Å². The van der Waals surface area contributed by atoms with Gasteiger partial charge in [-0.05, 0) is 12.1 Å². The molecule has 0 bridgehead atoms. The van der Waals surface area contributed by atoms with Gasteiger partial charge in [0.25, 0.3) is 5.91 Å². The zero-order valence-corrected chi connectivity index (χ0v) is 11.6. The van der Waals surface area contributed by atoms with Crippen LogP contribution < -0.4 is 11.1 Å². The summed E-state index contributed by atoms with van der Waals surface area (Å²) in [6, 6.07) is 14.3. The monoisotopic (exact) mass is 284 g/mol. The minimum Gasteiger partial charge on any atom is -0.389 e. The number of anilines is 1. The highest BCUT2D eigenvalue weighted by molar-refractivity contribution is 6.45. The fraction of sp³-hybridized carbons (Fsp3) is 0.133. The summed E-state index contributed by atoms with van der Waals surface area (Å²) in [6.07, 6.45) is 0. The summed E-state index contributed by atoms with van der Waals surface area (Å²) in [4.78, 5) is 21.2. The number of nitrogens with one attached hydrogen (secondary N) is 1. The van der Waals surface area contributed by atoms with Crippen molar-refractivity contribution in [2.75, 3.05) is 12.8 Å². The Bertz CT molecular complexity index is 641. The average molecular weight is 284 g/mol. The summed E-state index contributed by atoms with van der Waals surface area (Å²) in [6.45, 7) is 0.137. The molecule has 0 atom stereocenters. The Hall–Kier alpha value is -2.89. The molecular formula is C15H16N4O2. The molecule has 2 aromatic rings. The van der Waals surface area contributed by atoms with Crippen molar-refractivity contribution in [3.63, 3.8) is 0 Å². The lowest BCUT2D eigenvalue weighted by Crippen LogP contribution is -2.28. The molecule has 0 fully saturated rings. The van der Waals surface area contributed by atoms with Gasteiger partial charge in [-0.3, -0.25) is 4.79 Å². The zero-order valence-electron chi connectivity index (χ0n) is 11.6. The minimum absolute atomic E-state index is 0.137. The van der Waals surface area contributed by atoms with E-state index in [0.29, 0.717) is 17.1 Å². The highest BCUT2D eigenvalue weighted by atomic mass is 16.6. The Morgan fingerprint density at radius 3 is 2.67 bits per heavy atom. The molecule has 6 nitrogen and oxygen atoms in total. The predicted molar refractivity (Wildman–Crippen MR) is 80.5 cm³/mol. The molecule has 1 aromatic carbocycles. The number of benzene rings is 1. The van der Waals surface area contributed by atoms with E-state index in [4.69, 9.17) is 10.6 Å². The number of amides is 1. The maximum absolute atomic E-state index is 11.9. The van der Waals surface area contributed by atoms with E-state index >= 15 is 0 Å². The van der Waals surface area contributed by atoms with Crippen LogP contribution in [-0.4, -0.2) is 23.7 Å². The summed E-state index contributed by atoms with van der Waals surface area (Å²) in [5, 5.41) is 6.45. The van der Waals surface area contributed by atoms with Gasteiger partial charge < -0.3 is 15.9 Å². The first-order valence-electron chi connectivity index (χ1n) is 6.39. The molecule has 1 aromatic heterocycles. The lowest BCUT2D eigenvalue weighted by molar-refractivity contribution is -0.114. The average Bonchev–Trinajstić information content (AvgIpc) is 2.52. The lowest BCUT2D eigenvalue weighted by atomic mass is 10.1. The molecule has 0 radical (unpaired) electrons. The van der Waals surface area contributed by atoms with Gasteiger partial charge in [0.05, 0.1) is 5.69 Å². The number of nitrogen functional groups attached to an aromatic ring is 1. The van der Waals surface area contributed by atoms with Gasteiger partial charge >= 0.3 is 0 Å². The third-order valence-electron chi connectivity index (χ3n) is 2.69. The number of nitrogens with two attached hydrogens (primary N) is 1. The quantitative estimate of drug-likeness (QED) is 0.640. The van der Waals surface area contributed by atoms with Crippen molar-refractivity contribution in [1.82, 2.24) is 10.3 Å². The number of hydrogen-bond acceptors (Lipinski definition) is 5. The topological polar surface area (TPSA) is 89.6 Å². The van der Waals surface area contributed by atoms with Gasteiger partial charge in [-0.25, -0.2) is 4.98 Å². The summed E-state index contributed by atoms with van der Waals surface area (Å²) >= 11 is 0. The van der Waals surface area contributed by atoms with Crippen LogP contribution in [0.15, 0.2) is 53.7 Å². The van der Waals surface area contributed by atoms with Gasteiger partial charge in [0.2, 0.25) is 0 Å². The fourth-order valence-corrected chi connectivity index (χ4v) is 1.68. The molecule has 6 heteroatoms. The first kappa shape index (κ1) is 14.5. The molecule has 0 aliphatic rings. The fourth-order valence-electron chi connectivity index (χ4n) is 1.68. The second-order valence-corrected chi connectivity index (χ2v) is 4.21. The van der Waals surface area contributed by atoms with Gasteiger partial charge in [-0.1, -0.05) is 41.6 Å². The van der Waals surface area contributed by atoms with Gasteiger partial charge in [0.1, 0.15) is 5.82 Å². The number of hydrogen-bond donors (Lipinski definition) is 2. The molecule has 0 spiro atoms. The van der Waals surface area contributed by atoms with E-state index in [1.165, 1.54) is 0 Å². The van der Waals surface area contributed by atoms with Crippen molar-refractivity contribution in [3.8, 4) is 0 Å². The summed E-state index contributed by atoms with van der Waals surface area (Å²) in [7, 11) is 1.54. The molecule has 1 heterocycles. The molecule has 0 aliphatic carbocycles. The molecular weight excluding hydrogens is 268 g/mol. The van der Waals surface area contributed by atoms with Crippen molar-refractivity contribution in [2.24, 2.45) is 5.16 Å². The smallest absolute Gasteiger partial charge is 0.273 e. The Balaban J connectivity index is 2.12. The number of carbonyl (C=O) groups is 1. The SMILES string of the molecule is CNC(=O)C(=NOCc1cccc(N)n1)c1ccccc1. The van der Waals surface area contributed by atoms with E-state index in [0.717, 1.165) is 0 Å². The Labute approximate surface area is 122 Å². The third-order valence-corrected chi connectivity index (χ3v) is 2.69. The maximum Gasteiger partial charge on any atom is 0.273 e. The molecule has 0 saturated carbocycles. The molecule has 0 unspecified atom stereocenters. The molecule has 3 N–H and O–H groups in total. The van der Waals surface area contributed by atoms with Crippen LogP contribution in [0.25, 0.3) is 0 Å². The van der Waals surface area contributed by atoms with E-state index in [-0.39, 0.29) is 18.2 Å². The van der Waals surface area contributed by atoms with Gasteiger partial charge in [0, 0.05) is 12.6 Å². The van der Waals surface area contributed by atoms with E-state index in [9.17, 15) is 4.79 Å². The van der Waals surface area contributed by atoms with Crippen molar-refractivity contribution >= 4 is 17.4 Å². The first-order chi connectivity index (χ1) is 10.2. The van der Waals surface area contributed by atoms with Gasteiger partial charge in [-0.15, -0.1) is 0 Å². The second-order valence-electron chi connectivity index (χ2n) is 4.21. The number of nitrogens with zero attached hydrogens (tertiary/aromatic N) is 2. The molecule has 21 heavy (non-hydrogen) atoms. The van der Waals surface area contributed by atoms with Crippen molar-refractivity contribution in [2.45, 2.75) is 6.61 Å². The number of pyridine rings is 1. The van der Waals surface area contributed by atoms with E-state index < -0.39 is 0 Å². The van der Waals surface area contributed by atoms with Crippen LogP contribution in [0.5, 0.6) is 0 Å². The van der Waals surface area contributed by atoms with Gasteiger partial charge in [-0.2, -0.15) is 0 Å². The third kappa shape index (κ3) is 4.04. The highest BCUT2D eigenvalue weighted by Gasteiger charge is 2.13. The number of carbonyl (C=O) groups excluding carboxylic acids is 1. The van der Waals surface area contributed by atoms with Crippen molar-refractivity contribution < 1.29 is 9.63 Å². The Morgan fingerprint density at radius 2 is 2.00 bits per heavy atom. The molecule has 0 aliphatic heterocycles. The van der Waals surface area contributed by atoms with E-state index in [2.05, 4.69) is 15.5 Å². The highest BCUT2D eigenvalue weighted by Crippen LogP contribution is 2.05. The molecule has 108 valence electrons.